The van der Waals surface area contributed by atoms with Crippen LogP contribution in [0.2, 0.25) is 5.02 Å². The average molecular weight is 468 g/mol. The topological polar surface area (TPSA) is 93.4 Å². The zero-order valence-corrected chi connectivity index (χ0v) is 20.2. The molecule has 2 aromatic carbocycles. The first-order chi connectivity index (χ1) is 15.4. The van der Waals surface area contributed by atoms with Crippen molar-refractivity contribution in [2.75, 3.05) is 13.1 Å². The Bertz CT molecular complexity index is 1090. The van der Waals surface area contributed by atoms with Crippen LogP contribution in [0.1, 0.15) is 62.0 Å². The molecule has 1 aliphatic rings. The molecule has 2 N–H and O–H groups in total. The predicted molar refractivity (Wildman–Crippen MR) is 128 cm³/mol. The summed E-state index contributed by atoms with van der Waals surface area (Å²) < 4.78 is 0. The van der Waals surface area contributed by atoms with Gasteiger partial charge in [0.2, 0.25) is 5.91 Å². The molecule has 6 nitrogen and oxygen atoms in total. The number of piperidine rings is 1. The van der Waals surface area contributed by atoms with Gasteiger partial charge >= 0.3 is 0 Å². The molecule has 1 atom stereocenters. The van der Waals surface area contributed by atoms with Crippen LogP contribution in [0.5, 0.6) is 0 Å². The normalized spacial score (nSPS) is 20.1. The second-order valence-electron chi connectivity index (χ2n) is 10.00. The Kier molecular flexibility index (Phi) is 6.88. The molecule has 0 radical (unpaired) electrons. The van der Waals surface area contributed by atoms with E-state index in [9.17, 15) is 14.7 Å². The monoisotopic (exact) mass is 467 g/mol. The fraction of sp³-hybridized carbons (Fsp3) is 0.423. The second-order valence-corrected chi connectivity index (χ2v) is 10.4. The summed E-state index contributed by atoms with van der Waals surface area (Å²) in [6, 6.07) is 15.9. The zero-order chi connectivity index (χ0) is 24.4. The highest BCUT2D eigenvalue weighted by Crippen LogP contribution is 2.46. The molecule has 2 aromatic rings. The van der Waals surface area contributed by atoms with Crippen molar-refractivity contribution in [3.8, 4) is 6.07 Å². The van der Waals surface area contributed by atoms with Crippen molar-refractivity contribution in [2.24, 2.45) is 5.41 Å². The molecule has 0 saturated carbocycles. The summed E-state index contributed by atoms with van der Waals surface area (Å²) in [5, 5.41) is 24.0. The SMILES string of the molecule is CC(C)(CC(=O)N1CCC(O)(c2ccc(C#N)c(Cl)c2)C(C)(C)C1)NC(=O)c1ccccc1. The van der Waals surface area contributed by atoms with Crippen molar-refractivity contribution < 1.29 is 14.7 Å². The van der Waals surface area contributed by atoms with Gasteiger partial charge in [-0.3, -0.25) is 9.59 Å². The Morgan fingerprint density at radius 3 is 2.45 bits per heavy atom. The molecule has 1 heterocycles. The van der Waals surface area contributed by atoms with E-state index in [2.05, 4.69) is 5.32 Å². The van der Waals surface area contributed by atoms with Gasteiger partial charge in [0, 0.05) is 36.0 Å². The van der Waals surface area contributed by atoms with E-state index in [0.29, 0.717) is 41.2 Å². The van der Waals surface area contributed by atoms with Gasteiger partial charge in [-0.15, -0.1) is 0 Å². The number of likely N-dealkylation sites (tertiary alicyclic amines) is 1. The molecule has 0 spiro atoms. The fourth-order valence-electron chi connectivity index (χ4n) is 4.44. The number of hydrogen-bond donors (Lipinski definition) is 2. The van der Waals surface area contributed by atoms with Gasteiger partial charge in [-0.05, 0) is 50.1 Å². The van der Waals surface area contributed by atoms with Gasteiger partial charge in [0.1, 0.15) is 6.07 Å². The van der Waals surface area contributed by atoms with Gasteiger partial charge in [0.15, 0.2) is 0 Å². The van der Waals surface area contributed by atoms with Crippen LogP contribution >= 0.6 is 11.6 Å². The quantitative estimate of drug-likeness (QED) is 0.687. The molecule has 0 aromatic heterocycles. The highest BCUT2D eigenvalue weighted by Gasteiger charge is 2.50. The summed E-state index contributed by atoms with van der Waals surface area (Å²) in [7, 11) is 0. The van der Waals surface area contributed by atoms with Gasteiger partial charge in [0.05, 0.1) is 16.2 Å². The summed E-state index contributed by atoms with van der Waals surface area (Å²) in [4.78, 5) is 27.4. The highest BCUT2D eigenvalue weighted by atomic mass is 35.5. The van der Waals surface area contributed by atoms with Gasteiger partial charge in [-0.25, -0.2) is 0 Å². The zero-order valence-electron chi connectivity index (χ0n) is 19.5. The van der Waals surface area contributed by atoms with E-state index in [1.807, 2.05) is 39.8 Å². The number of hydrogen-bond acceptors (Lipinski definition) is 4. The van der Waals surface area contributed by atoms with E-state index >= 15 is 0 Å². The van der Waals surface area contributed by atoms with E-state index < -0.39 is 16.6 Å². The van der Waals surface area contributed by atoms with E-state index in [0.717, 1.165) is 0 Å². The third-order valence-corrected chi connectivity index (χ3v) is 6.76. The van der Waals surface area contributed by atoms with Crippen LogP contribution in [0.25, 0.3) is 0 Å². The molecule has 7 heteroatoms. The molecule has 1 aliphatic heterocycles. The number of halogens is 1. The maximum Gasteiger partial charge on any atom is 0.251 e. The molecule has 1 unspecified atom stereocenters. The van der Waals surface area contributed by atoms with Crippen LogP contribution in [-0.2, 0) is 10.4 Å². The maximum absolute atomic E-state index is 13.1. The Morgan fingerprint density at radius 1 is 1.21 bits per heavy atom. The van der Waals surface area contributed by atoms with Crippen LogP contribution in [0, 0.1) is 16.7 Å². The highest BCUT2D eigenvalue weighted by molar-refractivity contribution is 6.31. The van der Waals surface area contributed by atoms with Crippen LogP contribution in [0.4, 0.5) is 0 Å². The number of nitrogens with one attached hydrogen (secondary N) is 1. The maximum atomic E-state index is 13.1. The molecule has 0 bridgehead atoms. The number of carbonyl (C=O) groups excluding carboxylic acids is 2. The minimum atomic E-state index is -1.20. The van der Waals surface area contributed by atoms with Crippen LogP contribution in [0.15, 0.2) is 48.5 Å². The number of aliphatic hydroxyl groups is 1. The first-order valence-electron chi connectivity index (χ1n) is 11.0. The molecular weight excluding hydrogens is 438 g/mol. The predicted octanol–water partition coefficient (Wildman–Crippen LogP) is 4.26. The van der Waals surface area contributed by atoms with Gasteiger partial charge < -0.3 is 15.3 Å². The summed E-state index contributed by atoms with van der Waals surface area (Å²) >= 11 is 6.21. The van der Waals surface area contributed by atoms with E-state index in [-0.39, 0.29) is 18.2 Å². The van der Waals surface area contributed by atoms with Gasteiger partial charge in [-0.1, -0.05) is 49.7 Å². The largest absolute Gasteiger partial charge is 0.384 e. The van der Waals surface area contributed by atoms with E-state index in [1.165, 1.54) is 0 Å². The molecule has 0 aliphatic carbocycles. The van der Waals surface area contributed by atoms with Crippen LogP contribution < -0.4 is 5.32 Å². The Hall–Kier alpha value is -2.88. The lowest BCUT2D eigenvalue weighted by atomic mass is 9.66. The van der Waals surface area contributed by atoms with Gasteiger partial charge in [-0.2, -0.15) is 5.26 Å². The van der Waals surface area contributed by atoms with Crippen molar-refractivity contribution >= 4 is 23.4 Å². The number of carbonyl (C=O) groups is 2. The van der Waals surface area contributed by atoms with Gasteiger partial charge in [0.25, 0.3) is 5.91 Å². The average Bonchev–Trinajstić information content (AvgIpc) is 2.75. The Balaban J connectivity index is 1.70. The van der Waals surface area contributed by atoms with Crippen molar-refractivity contribution in [1.29, 1.82) is 5.26 Å². The summed E-state index contributed by atoms with van der Waals surface area (Å²) in [5.41, 5.74) is -1.05. The number of amides is 2. The number of benzene rings is 2. The minimum absolute atomic E-state index is 0.0821. The summed E-state index contributed by atoms with van der Waals surface area (Å²) in [6.45, 7) is 8.22. The molecule has 174 valence electrons. The fourth-order valence-corrected chi connectivity index (χ4v) is 4.66. The lowest BCUT2D eigenvalue weighted by molar-refractivity contribution is -0.154. The minimum Gasteiger partial charge on any atom is -0.384 e. The molecular formula is C26H30ClN3O3. The standard InChI is InChI=1S/C26H30ClN3O3/c1-24(2)17-30(13-12-26(24,33)20-11-10-19(16-28)21(27)14-20)22(31)15-25(3,4)29-23(32)18-8-6-5-7-9-18/h5-11,14,33H,12-13,15,17H2,1-4H3,(H,29,32). The van der Waals surface area contributed by atoms with Crippen LogP contribution in [0.3, 0.4) is 0 Å². The Morgan fingerprint density at radius 2 is 1.88 bits per heavy atom. The summed E-state index contributed by atoms with van der Waals surface area (Å²) in [6.07, 6.45) is 0.480. The van der Waals surface area contributed by atoms with Crippen molar-refractivity contribution in [2.45, 2.75) is 51.7 Å². The first kappa shape index (κ1) is 24.8. The molecule has 3 rings (SSSR count). The molecule has 2 amide bonds. The van der Waals surface area contributed by atoms with Crippen molar-refractivity contribution in [3.05, 3.63) is 70.2 Å². The van der Waals surface area contributed by atoms with Crippen molar-refractivity contribution in [1.82, 2.24) is 10.2 Å². The number of nitriles is 1. The summed E-state index contributed by atoms with van der Waals surface area (Å²) in [5.74, 6) is -0.305. The van der Waals surface area contributed by atoms with E-state index in [4.69, 9.17) is 16.9 Å². The molecule has 1 fully saturated rings. The third-order valence-electron chi connectivity index (χ3n) is 6.45. The number of rotatable bonds is 5. The molecule has 33 heavy (non-hydrogen) atoms. The lowest BCUT2D eigenvalue weighted by Crippen LogP contribution is -2.58. The number of nitrogens with zero attached hydrogens (tertiary/aromatic N) is 2. The lowest BCUT2D eigenvalue weighted by Gasteiger charge is -2.51. The molecule has 1 saturated heterocycles. The van der Waals surface area contributed by atoms with E-state index in [1.54, 1.807) is 47.4 Å². The Labute approximate surface area is 200 Å². The second kappa shape index (κ2) is 9.17. The van der Waals surface area contributed by atoms with Crippen LogP contribution in [-0.4, -0.2) is 40.4 Å². The smallest absolute Gasteiger partial charge is 0.251 e. The van der Waals surface area contributed by atoms with Crippen molar-refractivity contribution in [3.63, 3.8) is 0 Å². The first-order valence-corrected chi connectivity index (χ1v) is 11.3. The third kappa shape index (κ3) is 5.21.